The Morgan fingerprint density at radius 2 is 1.74 bits per heavy atom. The first-order valence-electron chi connectivity index (χ1n) is 6.72. The fourth-order valence-corrected chi connectivity index (χ4v) is 3.06. The highest BCUT2D eigenvalue weighted by Gasteiger charge is 2.17. The minimum absolute atomic E-state index is 0.0212. The molecule has 1 heterocycles. The monoisotopic (exact) mass is 336 g/mol. The topological polar surface area (TPSA) is 105 Å². The lowest BCUT2D eigenvalue weighted by Crippen LogP contribution is -2.29. The predicted octanol–water partition coefficient (Wildman–Crippen LogP) is 1.35. The van der Waals surface area contributed by atoms with Gasteiger partial charge in [0.15, 0.2) is 0 Å². The van der Waals surface area contributed by atoms with Crippen LogP contribution in [0.1, 0.15) is 11.3 Å². The first-order chi connectivity index (χ1) is 10.7. The molecule has 0 atom stereocenters. The maximum absolute atomic E-state index is 12.3. The Kier molecular flexibility index (Phi) is 4.55. The lowest BCUT2D eigenvalue weighted by molar-refractivity contribution is -0.137. The average Bonchev–Trinajstić information content (AvgIpc) is 2.47. The van der Waals surface area contributed by atoms with Gasteiger partial charge in [0.1, 0.15) is 12.2 Å². The van der Waals surface area contributed by atoms with Crippen molar-refractivity contribution in [1.29, 1.82) is 0 Å². The third-order valence-corrected chi connectivity index (χ3v) is 4.64. The molecule has 0 aliphatic heterocycles. The molecule has 0 fully saturated rings. The number of hydrogen-bond donors (Lipinski definition) is 2. The van der Waals surface area contributed by atoms with E-state index in [1.807, 2.05) is 6.92 Å². The zero-order valence-corrected chi connectivity index (χ0v) is 13.4. The highest BCUT2D eigenvalue weighted by atomic mass is 32.2. The number of hydrogen-bond acceptors (Lipinski definition) is 4. The standard InChI is InChI=1S/C15H16N2O5S/c1-10-3-6-12(7-4-10)23(21,22)16-13-8-5-11(2)17(15(13)20)9-14(18)19/h3-8,16H,9H2,1-2H3,(H,18,19). The van der Waals surface area contributed by atoms with Crippen LogP contribution in [0.25, 0.3) is 0 Å². The van der Waals surface area contributed by atoms with Crippen LogP contribution in [0.2, 0.25) is 0 Å². The number of aromatic nitrogens is 1. The van der Waals surface area contributed by atoms with Gasteiger partial charge in [-0.3, -0.25) is 18.9 Å². The number of aliphatic carboxylic acids is 1. The van der Waals surface area contributed by atoms with E-state index < -0.39 is 28.1 Å². The van der Waals surface area contributed by atoms with Crippen molar-refractivity contribution >= 4 is 21.7 Å². The van der Waals surface area contributed by atoms with Crippen LogP contribution in [0.3, 0.4) is 0 Å². The van der Waals surface area contributed by atoms with Gasteiger partial charge in [0, 0.05) is 5.69 Å². The van der Waals surface area contributed by atoms with E-state index in [0.717, 1.165) is 10.1 Å². The molecule has 0 bridgehead atoms. The Balaban J connectivity index is 2.42. The summed E-state index contributed by atoms with van der Waals surface area (Å²) in [5.41, 5.74) is 0.430. The van der Waals surface area contributed by atoms with Crippen molar-refractivity contribution in [3.8, 4) is 0 Å². The van der Waals surface area contributed by atoms with Gasteiger partial charge in [-0.2, -0.15) is 0 Å². The zero-order valence-electron chi connectivity index (χ0n) is 12.6. The van der Waals surface area contributed by atoms with Gasteiger partial charge in [-0.25, -0.2) is 8.42 Å². The summed E-state index contributed by atoms with van der Waals surface area (Å²) in [6, 6.07) is 8.96. The molecule has 7 nitrogen and oxygen atoms in total. The zero-order chi connectivity index (χ0) is 17.2. The largest absolute Gasteiger partial charge is 0.480 e. The average molecular weight is 336 g/mol. The summed E-state index contributed by atoms with van der Waals surface area (Å²) in [5.74, 6) is -1.19. The van der Waals surface area contributed by atoms with Gasteiger partial charge in [-0.15, -0.1) is 0 Å². The Bertz CT molecular complexity index is 898. The summed E-state index contributed by atoms with van der Waals surface area (Å²) in [5, 5.41) is 8.84. The number of nitrogens with zero attached hydrogens (tertiary/aromatic N) is 1. The number of nitrogens with one attached hydrogen (secondary N) is 1. The lowest BCUT2D eigenvalue weighted by Gasteiger charge is -2.12. The van der Waals surface area contributed by atoms with Crippen molar-refractivity contribution in [2.75, 3.05) is 4.72 Å². The Morgan fingerprint density at radius 1 is 1.13 bits per heavy atom. The summed E-state index contributed by atoms with van der Waals surface area (Å²) in [7, 11) is -3.92. The van der Waals surface area contributed by atoms with Gasteiger partial charge in [-0.05, 0) is 38.1 Å². The van der Waals surface area contributed by atoms with Gasteiger partial charge in [0.2, 0.25) is 0 Å². The molecule has 2 aromatic rings. The van der Waals surface area contributed by atoms with E-state index in [9.17, 15) is 18.0 Å². The molecule has 0 aliphatic carbocycles. The fraction of sp³-hybridized carbons (Fsp3) is 0.200. The molecular weight excluding hydrogens is 320 g/mol. The van der Waals surface area contributed by atoms with E-state index in [1.165, 1.54) is 24.3 Å². The number of benzene rings is 1. The molecule has 0 radical (unpaired) electrons. The molecular formula is C15H16N2O5S. The molecule has 0 aliphatic rings. The van der Waals surface area contributed by atoms with Crippen LogP contribution in [0, 0.1) is 13.8 Å². The molecule has 8 heteroatoms. The number of carboxylic acids is 1. The quantitative estimate of drug-likeness (QED) is 0.857. The van der Waals surface area contributed by atoms with E-state index >= 15 is 0 Å². The third-order valence-electron chi connectivity index (χ3n) is 3.26. The van der Waals surface area contributed by atoms with Crippen LogP contribution in [0.4, 0.5) is 5.69 Å². The van der Waals surface area contributed by atoms with E-state index in [0.29, 0.717) is 5.69 Å². The number of pyridine rings is 1. The van der Waals surface area contributed by atoms with Crippen molar-refractivity contribution in [2.24, 2.45) is 0 Å². The lowest BCUT2D eigenvalue weighted by atomic mass is 10.2. The molecule has 122 valence electrons. The van der Waals surface area contributed by atoms with Crippen molar-refractivity contribution in [3.63, 3.8) is 0 Å². The third kappa shape index (κ3) is 3.78. The number of rotatable bonds is 5. The molecule has 2 N–H and O–H groups in total. The fourth-order valence-electron chi connectivity index (χ4n) is 2.00. The molecule has 2 rings (SSSR count). The van der Waals surface area contributed by atoms with Crippen molar-refractivity contribution in [1.82, 2.24) is 4.57 Å². The van der Waals surface area contributed by atoms with Crippen molar-refractivity contribution in [3.05, 3.63) is 58.0 Å². The second-order valence-corrected chi connectivity index (χ2v) is 6.77. The second kappa shape index (κ2) is 6.25. The van der Waals surface area contributed by atoms with E-state index in [1.54, 1.807) is 19.1 Å². The summed E-state index contributed by atoms with van der Waals surface area (Å²) < 4.78 is 27.8. The van der Waals surface area contributed by atoms with Crippen LogP contribution < -0.4 is 10.3 Å². The van der Waals surface area contributed by atoms with Crippen molar-refractivity contribution in [2.45, 2.75) is 25.3 Å². The van der Waals surface area contributed by atoms with Gasteiger partial charge in [-0.1, -0.05) is 17.7 Å². The molecule has 0 unspecified atom stereocenters. The van der Waals surface area contributed by atoms with Crippen LogP contribution in [-0.4, -0.2) is 24.1 Å². The second-order valence-electron chi connectivity index (χ2n) is 5.09. The van der Waals surface area contributed by atoms with E-state index in [-0.39, 0.29) is 10.6 Å². The number of sulfonamides is 1. The number of anilines is 1. The molecule has 1 aromatic carbocycles. The molecule has 0 amide bonds. The minimum Gasteiger partial charge on any atom is -0.480 e. The normalized spacial score (nSPS) is 11.2. The Labute approximate surface area is 133 Å². The maximum Gasteiger partial charge on any atom is 0.323 e. The first kappa shape index (κ1) is 16.8. The summed E-state index contributed by atoms with van der Waals surface area (Å²) >= 11 is 0. The summed E-state index contributed by atoms with van der Waals surface area (Å²) in [6.45, 7) is 2.86. The van der Waals surface area contributed by atoms with Gasteiger partial charge < -0.3 is 5.11 Å². The highest BCUT2D eigenvalue weighted by Crippen LogP contribution is 2.14. The Hall–Kier alpha value is -2.61. The van der Waals surface area contributed by atoms with Crippen LogP contribution in [0.15, 0.2) is 46.1 Å². The maximum atomic E-state index is 12.3. The predicted molar refractivity (Wildman–Crippen MR) is 85.1 cm³/mol. The summed E-state index contributed by atoms with van der Waals surface area (Å²) in [4.78, 5) is 23.1. The van der Waals surface area contributed by atoms with E-state index in [2.05, 4.69) is 4.72 Å². The molecule has 0 spiro atoms. The molecule has 23 heavy (non-hydrogen) atoms. The Morgan fingerprint density at radius 3 is 2.30 bits per heavy atom. The van der Waals surface area contributed by atoms with Gasteiger partial charge in [0.25, 0.3) is 15.6 Å². The van der Waals surface area contributed by atoms with Gasteiger partial charge in [0.05, 0.1) is 4.90 Å². The molecule has 0 saturated carbocycles. The molecule has 0 saturated heterocycles. The van der Waals surface area contributed by atoms with E-state index in [4.69, 9.17) is 5.11 Å². The van der Waals surface area contributed by atoms with Gasteiger partial charge >= 0.3 is 5.97 Å². The first-order valence-corrected chi connectivity index (χ1v) is 8.21. The SMILES string of the molecule is Cc1ccc(S(=O)(=O)Nc2ccc(C)n(CC(=O)O)c2=O)cc1. The smallest absolute Gasteiger partial charge is 0.323 e. The van der Waals surface area contributed by atoms with Crippen molar-refractivity contribution < 1.29 is 18.3 Å². The number of carbonyl (C=O) groups is 1. The summed E-state index contributed by atoms with van der Waals surface area (Å²) in [6.07, 6.45) is 0. The molecule has 1 aromatic heterocycles. The minimum atomic E-state index is -3.92. The van der Waals surface area contributed by atoms with Crippen LogP contribution >= 0.6 is 0 Å². The van der Waals surface area contributed by atoms with Crippen LogP contribution in [0.5, 0.6) is 0 Å². The number of carboxylic acid groups (broad SMARTS) is 1. The van der Waals surface area contributed by atoms with Crippen LogP contribution in [-0.2, 0) is 21.4 Å². The number of aryl methyl sites for hydroxylation is 2. The highest BCUT2D eigenvalue weighted by molar-refractivity contribution is 7.92.